The van der Waals surface area contributed by atoms with E-state index in [0.717, 1.165) is 28.7 Å². The fraction of sp³-hybridized carbons (Fsp3) is 0.310. The van der Waals surface area contributed by atoms with Crippen LogP contribution < -0.4 is 5.32 Å². The number of nitrogens with one attached hydrogen (secondary N) is 1. The molecular weight excluding hydrogens is 476 g/mol. The molecule has 0 spiro atoms. The van der Waals surface area contributed by atoms with Crippen molar-refractivity contribution in [3.8, 4) is 0 Å². The van der Waals surface area contributed by atoms with Gasteiger partial charge in [-0.1, -0.05) is 96.9 Å². The second-order valence-electron chi connectivity index (χ2n) is 8.59. The van der Waals surface area contributed by atoms with Gasteiger partial charge in [0.15, 0.2) is 0 Å². The van der Waals surface area contributed by atoms with Gasteiger partial charge in [-0.15, -0.1) is 11.8 Å². The average molecular weight is 509 g/mol. The zero-order chi connectivity index (χ0) is 25.0. The van der Waals surface area contributed by atoms with Gasteiger partial charge >= 0.3 is 0 Å². The van der Waals surface area contributed by atoms with Crippen molar-refractivity contribution in [3.63, 3.8) is 0 Å². The van der Waals surface area contributed by atoms with Crippen molar-refractivity contribution in [1.82, 2.24) is 10.2 Å². The zero-order valence-electron chi connectivity index (χ0n) is 20.4. The Morgan fingerprint density at radius 3 is 2.40 bits per heavy atom. The van der Waals surface area contributed by atoms with Crippen LogP contribution in [-0.2, 0) is 28.3 Å². The van der Waals surface area contributed by atoms with Crippen molar-refractivity contribution >= 4 is 35.2 Å². The molecule has 0 aliphatic carbocycles. The van der Waals surface area contributed by atoms with Crippen LogP contribution >= 0.6 is 23.4 Å². The van der Waals surface area contributed by atoms with Gasteiger partial charge in [0.2, 0.25) is 11.8 Å². The number of carbonyl (C=O) groups is 2. The summed E-state index contributed by atoms with van der Waals surface area (Å²) in [5.74, 6) is 0.724. The maximum atomic E-state index is 13.6. The average Bonchev–Trinajstić information content (AvgIpc) is 2.86. The number of amides is 2. The molecule has 184 valence electrons. The molecule has 0 radical (unpaired) electrons. The maximum Gasteiger partial charge on any atom is 0.243 e. The van der Waals surface area contributed by atoms with E-state index in [0.29, 0.717) is 30.3 Å². The molecule has 35 heavy (non-hydrogen) atoms. The molecule has 3 rings (SSSR count). The first-order valence-electron chi connectivity index (χ1n) is 12.0. The van der Waals surface area contributed by atoms with Crippen molar-refractivity contribution in [2.75, 3.05) is 12.3 Å². The van der Waals surface area contributed by atoms with Crippen LogP contribution in [0.25, 0.3) is 0 Å². The number of hydrogen-bond donors (Lipinski definition) is 1. The predicted molar refractivity (Wildman–Crippen MR) is 147 cm³/mol. The molecule has 0 bridgehead atoms. The van der Waals surface area contributed by atoms with Gasteiger partial charge < -0.3 is 10.2 Å². The molecule has 0 fully saturated rings. The summed E-state index contributed by atoms with van der Waals surface area (Å²) in [7, 11) is 0. The number of halogens is 1. The summed E-state index contributed by atoms with van der Waals surface area (Å²) in [6, 6.07) is 25.1. The Balaban J connectivity index is 1.84. The standard InChI is InChI=1S/C29H33ClN2O2S/c1-3-16-31-29(34)27(18-23-11-5-4-6-12-23)32(19-24-13-9-10-22(2)17-24)28(33)21-35-20-25-14-7-8-15-26(25)30/h4-15,17,27H,3,16,18-21H2,1-2H3,(H,31,34)/t27-/m1/s1. The third-order valence-corrected chi connectivity index (χ3v) is 7.03. The van der Waals surface area contributed by atoms with Crippen LogP contribution in [0.2, 0.25) is 5.02 Å². The topological polar surface area (TPSA) is 49.4 Å². The molecule has 0 saturated heterocycles. The van der Waals surface area contributed by atoms with Gasteiger partial charge in [-0.2, -0.15) is 0 Å². The Bertz CT molecular complexity index is 1110. The second kappa shape index (κ2) is 14.0. The summed E-state index contributed by atoms with van der Waals surface area (Å²) in [5, 5.41) is 3.72. The van der Waals surface area contributed by atoms with Crippen LogP contribution in [0.15, 0.2) is 78.9 Å². The molecule has 0 unspecified atom stereocenters. The molecule has 3 aromatic carbocycles. The maximum absolute atomic E-state index is 13.6. The number of hydrogen-bond acceptors (Lipinski definition) is 3. The summed E-state index contributed by atoms with van der Waals surface area (Å²) in [5.41, 5.74) is 4.16. The molecule has 6 heteroatoms. The van der Waals surface area contributed by atoms with Gasteiger partial charge in [-0.05, 0) is 36.1 Å². The number of nitrogens with zero attached hydrogens (tertiary/aromatic N) is 1. The van der Waals surface area contributed by atoms with Gasteiger partial charge in [0.05, 0.1) is 5.75 Å². The van der Waals surface area contributed by atoms with E-state index in [4.69, 9.17) is 11.6 Å². The fourth-order valence-electron chi connectivity index (χ4n) is 3.87. The number of rotatable bonds is 12. The predicted octanol–water partition coefficient (Wildman–Crippen LogP) is 6.05. The molecule has 0 aliphatic rings. The van der Waals surface area contributed by atoms with Crippen LogP contribution in [0.5, 0.6) is 0 Å². The Hall–Kier alpha value is -2.76. The minimum Gasteiger partial charge on any atom is -0.354 e. The largest absolute Gasteiger partial charge is 0.354 e. The van der Waals surface area contributed by atoms with Crippen molar-refractivity contribution in [2.45, 2.75) is 45.0 Å². The lowest BCUT2D eigenvalue weighted by molar-refractivity contribution is -0.139. The first-order chi connectivity index (χ1) is 17.0. The molecule has 3 aromatic rings. The van der Waals surface area contributed by atoms with E-state index in [1.165, 1.54) is 11.8 Å². The molecule has 1 N–H and O–H groups in total. The van der Waals surface area contributed by atoms with Crippen molar-refractivity contribution in [1.29, 1.82) is 0 Å². The van der Waals surface area contributed by atoms with E-state index in [-0.39, 0.29) is 17.6 Å². The molecule has 2 amide bonds. The lowest BCUT2D eigenvalue weighted by atomic mass is 10.0. The third kappa shape index (κ3) is 8.44. The fourth-order valence-corrected chi connectivity index (χ4v) is 5.07. The minimum absolute atomic E-state index is 0.0591. The summed E-state index contributed by atoms with van der Waals surface area (Å²) in [6.07, 6.45) is 1.30. The summed E-state index contributed by atoms with van der Waals surface area (Å²) < 4.78 is 0. The smallest absolute Gasteiger partial charge is 0.243 e. The number of carbonyl (C=O) groups excluding carboxylic acids is 2. The minimum atomic E-state index is -0.599. The summed E-state index contributed by atoms with van der Waals surface area (Å²) >= 11 is 7.81. The SMILES string of the molecule is CCCNC(=O)[C@@H](Cc1ccccc1)N(Cc1cccc(C)c1)C(=O)CSCc1ccccc1Cl. The van der Waals surface area contributed by atoms with E-state index in [1.807, 2.05) is 86.6 Å². The quantitative estimate of drug-likeness (QED) is 0.324. The molecule has 4 nitrogen and oxygen atoms in total. The van der Waals surface area contributed by atoms with Gasteiger partial charge in [0.25, 0.3) is 0 Å². The van der Waals surface area contributed by atoms with E-state index < -0.39 is 6.04 Å². The highest BCUT2D eigenvalue weighted by molar-refractivity contribution is 7.99. The summed E-state index contributed by atoms with van der Waals surface area (Å²) in [4.78, 5) is 28.7. The van der Waals surface area contributed by atoms with E-state index >= 15 is 0 Å². The molecule has 0 aromatic heterocycles. The van der Waals surface area contributed by atoms with Crippen LogP contribution in [0.4, 0.5) is 0 Å². The molecule has 0 saturated carbocycles. The van der Waals surface area contributed by atoms with Crippen molar-refractivity contribution in [3.05, 3.63) is 106 Å². The molecule has 0 heterocycles. The lowest BCUT2D eigenvalue weighted by Crippen LogP contribution is -2.51. The zero-order valence-corrected chi connectivity index (χ0v) is 21.9. The lowest BCUT2D eigenvalue weighted by Gasteiger charge is -2.31. The number of benzene rings is 3. The Labute approximate surface area is 218 Å². The van der Waals surface area contributed by atoms with Crippen LogP contribution in [0.3, 0.4) is 0 Å². The second-order valence-corrected chi connectivity index (χ2v) is 9.98. The van der Waals surface area contributed by atoms with Gasteiger partial charge in [-0.3, -0.25) is 9.59 Å². The van der Waals surface area contributed by atoms with E-state index in [2.05, 4.69) is 11.4 Å². The monoisotopic (exact) mass is 508 g/mol. The van der Waals surface area contributed by atoms with Gasteiger partial charge in [0.1, 0.15) is 6.04 Å². The van der Waals surface area contributed by atoms with E-state index in [1.54, 1.807) is 4.90 Å². The van der Waals surface area contributed by atoms with Crippen molar-refractivity contribution < 1.29 is 9.59 Å². The van der Waals surface area contributed by atoms with Crippen LogP contribution in [0.1, 0.15) is 35.6 Å². The highest BCUT2D eigenvalue weighted by Gasteiger charge is 2.30. The van der Waals surface area contributed by atoms with Crippen molar-refractivity contribution in [2.24, 2.45) is 0 Å². The normalized spacial score (nSPS) is 11.6. The molecule has 1 atom stereocenters. The van der Waals surface area contributed by atoms with Gasteiger partial charge in [0, 0.05) is 30.3 Å². The highest BCUT2D eigenvalue weighted by atomic mass is 35.5. The highest BCUT2D eigenvalue weighted by Crippen LogP contribution is 2.22. The van der Waals surface area contributed by atoms with Crippen LogP contribution in [-0.4, -0.2) is 35.1 Å². The van der Waals surface area contributed by atoms with Gasteiger partial charge in [-0.25, -0.2) is 0 Å². The Kier molecular flexibility index (Phi) is 10.7. The molecule has 0 aliphatic heterocycles. The summed E-state index contributed by atoms with van der Waals surface area (Å²) in [6.45, 7) is 5.01. The number of aryl methyl sites for hydroxylation is 1. The van der Waals surface area contributed by atoms with E-state index in [9.17, 15) is 9.59 Å². The third-order valence-electron chi connectivity index (χ3n) is 5.70. The van der Waals surface area contributed by atoms with Crippen LogP contribution in [0, 0.1) is 6.92 Å². The Morgan fingerprint density at radius 1 is 0.971 bits per heavy atom. The number of thioether (sulfide) groups is 1. The molecular formula is C29H33ClN2O2S. The first-order valence-corrected chi connectivity index (χ1v) is 13.5. The first kappa shape index (κ1) is 26.8. The Morgan fingerprint density at radius 2 is 1.69 bits per heavy atom.